The molecule has 0 radical (unpaired) electrons. The summed E-state index contributed by atoms with van der Waals surface area (Å²) in [6.07, 6.45) is 5.48. The van der Waals surface area contributed by atoms with Gasteiger partial charge in [0.1, 0.15) is 0 Å². The third-order valence-corrected chi connectivity index (χ3v) is 3.27. The van der Waals surface area contributed by atoms with Gasteiger partial charge in [-0.1, -0.05) is 12.7 Å². The van der Waals surface area contributed by atoms with Gasteiger partial charge in [-0.05, 0) is 18.8 Å². The molecule has 0 saturated carbocycles. The Morgan fingerprint density at radius 2 is 2.47 bits per heavy atom. The molecule has 17 heavy (non-hydrogen) atoms. The highest BCUT2D eigenvalue weighted by Crippen LogP contribution is 2.28. The van der Waals surface area contributed by atoms with Crippen molar-refractivity contribution in [1.29, 1.82) is 5.26 Å². The zero-order valence-corrected chi connectivity index (χ0v) is 9.40. The van der Waals surface area contributed by atoms with Gasteiger partial charge in [-0.25, -0.2) is 9.65 Å². The summed E-state index contributed by atoms with van der Waals surface area (Å²) in [6.45, 7) is -0.0670. The van der Waals surface area contributed by atoms with Crippen LogP contribution in [0.3, 0.4) is 0 Å². The van der Waals surface area contributed by atoms with Gasteiger partial charge in [-0.15, -0.1) is 0 Å². The second-order valence-electron chi connectivity index (χ2n) is 4.41. The Morgan fingerprint density at radius 1 is 1.65 bits per heavy atom. The van der Waals surface area contributed by atoms with Crippen molar-refractivity contribution in [2.45, 2.75) is 25.5 Å². The predicted octanol–water partition coefficient (Wildman–Crippen LogP) is 2.37. The lowest BCUT2D eigenvalue weighted by Crippen LogP contribution is -2.27. The minimum Gasteiger partial charge on any atom is -0.294 e. The number of carbonyl (C=O) groups excluding carboxylic acids is 1. The van der Waals surface area contributed by atoms with Crippen molar-refractivity contribution in [1.82, 2.24) is 4.98 Å². The normalized spacial score (nSPS) is 19.8. The van der Waals surface area contributed by atoms with E-state index in [-0.39, 0.29) is 24.0 Å². The third-order valence-electron chi connectivity index (χ3n) is 3.27. The minimum atomic E-state index is -0.573. The second kappa shape index (κ2) is 5.09. The molecule has 5 heteroatoms. The van der Waals surface area contributed by atoms with E-state index in [4.69, 9.17) is 5.26 Å². The fraction of sp³-hybridized carbons (Fsp3) is 0.417. The predicted molar refractivity (Wildman–Crippen MR) is 62.2 cm³/mol. The molecule has 86 valence electrons. The summed E-state index contributed by atoms with van der Waals surface area (Å²) in [5.41, 5.74) is 0.101. The molecule has 0 amide bonds. The number of ketones is 1. The number of nitriles is 1. The number of halogens is 1. The Bertz CT molecular complexity index is 472. The number of hydrogen-bond donors (Lipinski definition) is 0. The molecule has 1 saturated heterocycles. The highest BCUT2D eigenvalue weighted by atomic mass is 19.1. The summed E-state index contributed by atoms with van der Waals surface area (Å²) in [7, 11) is 0. The fourth-order valence-corrected chi connectivity index (χ4v) is 2.34. The quantitative estimate of drug-likeness (QED) is 0.578. The van der Waals surface area contributed by atoms with Gasteiger partial charge in [0, 0.05) is 18.1 Å². The van der Waals surface area contributed by atoms with E-state index in [1.807, 2.05) is 0 Å². The van der Waals surface area contributed by atoms with Gasteiger partial charge in [0.2, 0.25) is 0 Å². The van der Waals surface area contributed by atoms with E-state index in [0.717, 1.165) is 25.4 Å². The Hall–Kier alpha value is -1.70. The van der Waals surface area contributed by atoms with Crippen molar-refractivity contribution in [3.63, 3.8) is 0 Å². The second-order valence-corrected chi connectivity index (χ2v) is 4.41. The largest absolute Gasteiger partial charge is 0.294 e. The lowest BCUT2D eigenvalue weighted by Gasteiger charge is -2.22. The van der Waals surface area contributed by atoms with Gasteiger partial charge < -0.3 is 0 Å². The Kier molecular flexibility index (Phi) is 3.53. The summed E-state index contributed by atoms with van der Waals surface area (Å²) in [4.78, 5) is 15.7. The van der Waals surface area contributed by atoms with Crippen LogP contribution in [0.4, 0.5) is 4.39 Å². The maximum absolute atomic E-state index is 13.4. The van der Waals surface area contributed by atoms with E-state index in [2.05, 4.69) is 11.0 Å². The molecule has 3 nitrogen and oxygen atoms in total. The summed E-state index contributed by atoms with van der Waals surface area (Å²) < 4.78 is 13.4. The molecule has 1 fully saturated rings. The molecular weight excluding hydrogens is 218 g/mol. The number of pyridine rings is 1. The van der Waals surface area contributed by atoms with Crippen LogP contribution < -0.4 is 0 Å². The van der Waals surface area contributed by atoms with Crippen LogP contribution in [0.25, 0.3) is 0 Å². The van der Waals surface area contributed by atoms with Crippen molar-refractivity contribution < 1.29 is 9.18 Å². The minimum absolute atomic E-state index is 0.0670. The number of aromatic nitrogens is 1. The number of nitrogens with zero attached hydrogens (tertiary/aromatic N) is 2. The summed E-state index contributed by atoms with van der Waals surface area (Å²) in [6, 6.07) is 1.41. The zero-order chi connectivity index (χ0) is 12.3. The summed E-state index contributed by atoms with van der Waals surface area (Å²) >= 11 is 0. The molecule has 0 spiro atoms. The fourth-order valence-electron chi connectivity index (χ4n) is 2.34. The molecule has 0 aromatic carbocycles. The molecule has 1 aliphatic rings. The number of rotatable bonds is 2. The van der Waals surface area contributed by atoms with Gasteiger partial charge in [-0.3, -0.25) is 9.78 Å². The monoisotopic (exact) mass is 230 g/mol. The molecule has 1 aliphatic heterocycles. The number of Topliss-reactive ketones (excluding diaryl/α,β-unsaturated/α-hetero) is 1. The van der Waals surface area contributed by atoms with E-state index in [9.17, 15) is 9.18 Å². The van der Waals surface area contributed by atoms with Crippen LogP contribution in [0.15, 0.2) is 18.5 Å². The van der Waals surface area contributed by atoms with E-state index >= 15 is 0 Å². The summed E-state index contributed by atoms with van der Waals surface area (Å²) in [5.74, 6) is 1.22. The van der Waals surface area contributed by atoms with Crippen LogP contribution in [-0.4, -0.2) is 17.5 Å². The lowest BCUT2D eigenvalue weighted by atomic mass is 9.40. The topological polar surface area (TPSA) is 53.8 Å². The Morgan fingerprint density at radius 3 is 3.18 bits per heavy atom. The average molecular weight is 230 g/mol. The van der Waals surface area contributed by atoms with Crippen LogP contribution in [0, 0.1) is 23.0 Å². The third kappa shape index (κ3) is 2.52. The number of carbonyl (C=O) groups is 1. The lowest BCUT2D eigenvalue weighted by molar-refractivity contribution is 0.0916. The molecule has 0 bridgehead atoms. The maximum Gasteiger partial charge on any atom is 0.268 e. The molecule has 1 aromatic heterocycles. The van der Waals surface area contributed by atoms with E-state index in [0.29, 0.717) is 6.32 Å². The molecule has 2 rings (SSSR count). The highest BCUT2D eigenvalue weighted by molar-refractivity contribution is 6.67. The van der Waals surface area contributed by atoms with Crippen molar-refractivity contribution >= 4 is 12.5 Å². The van der Waals surface area contributed by atoms with Crippen LogP contribution in [0.5, 0.6) is 0 Å². The molecule has 2 heterocycles. The van der Waals surface area contributed by atoms with E-state index in [1.54, 1.807) is 0 Å². The first-order valence-corrected chi connectivity index (χ1v) is 5.75. The van der Waals surface area contributed by atoms with Gasteiger partial charge in [0.05, 0.1) is 11.8 Å². The smallest absolute Gasteiger partial charge is 0.268 e. The Balaban J connectivity index is 2.16. The van der Waals surface area contributed by atoms with Crippen LogP contribution >= 0.6 is 0 Å². The SMILES string of the molecule is N#CB1CCCC(C(=O)c2ccncc2F)C1. The van der Waals surface area contributed by atoms with Crippen LogP contribution in [-0.2, 0) is 0 Å². The van der Waals surface area contributed by atoms with E-state index < -0.39 is 5.82 Å². The standard InChI is InChI=1S/C12H12BFN2O/c14-11-7-16-5-3-10(11)12(17)9-2-1-4-13(6-9)8-15/h3,5,7,9H,1-2,4,6H2. The first-order chi connectivity index (χ1) is 8.22. The number of hydrogen-bond acceptors (Lipinski definition) is 3. The molecule has 1 unspecified atom stereocenters. The van der Waals surface area contributed by atoms with Crippen molar-refractivity contribution in [2.75, 3.05) is 0 Å². The summed E-state index contributed by atoms with van der Waals surface area (Å²) in [5, 5.41) is 8.87. The van der Waals surface area contributed by atoms with Crippen LogP contribution in [0.1, 0.15) is 23.2 Å². The van der Waals surface area contributed by atoms with Crippen LogP contribution in [0.2, 0.25) is 12.6 Å². The molecule has 0 N–H and O–H groups in total. The first-order valence-electron chi connectivity index (χ1n) is 5.75. The molecule has 0 aliphatic carbocycles. The van der Waals surface area contributed by atoms with Gasteiger partial charge in [0.15, 0.2) is 11.6 Å². The molecule has 1 aromatic rings. The van der Waals surface area contributed by atoms with Gasteiger partial charge >= 0.3 is 0 Å². The molecular formula is C12H12BFN2O. The van der Waals surface area contributed by atoms with E-state index in [1.165, 1.54) is 12.3 Å². The Labute approximate surface area is 99.7 Å². The molecule has 1 atom stereocenters. The first kappa shape index (κ1) is 11.8. The maximum atomic E-state index is 13.4. The van der Waals surface area contributed by atoms with Gasteiger partial charge in [0.25, 0.3) is 6.71 Å². The highest BCUT2D eigenvalue weighted by Gasteiger charge is 2.31. The van der Waals surface area contributed by atoms with Crippen molar-refractivity contribution in [3.05, 3.63) is 29.8 Å². The average Bonchev–Trinajstić information content (AvgIpc) is 2.38. The van der Waals surface area contributed by atoms with Crippen molar-refractivity contribution in [2.24, 2.45) is 5.92 Å². The van der Waals surface area contributed by atoms with Crippen molar-refractivity contribution in [3.8, 4) is 5.97 Å². The van der Waals surface area contributed by atoms with Gasteiger partial charge in [-0.2, -0.15) is 0 Å². The zero-order valence-electron chi connectivity index (χ0n) is 9.40.